The van der Waals surface area contributed by atoms with Crippen LogP contribution in [0.1, 0.15) is 36.5 Å². The predicted molar refractivity (Wildman–Crippen MR) is 82.1 cm³/mol. The number of amides is 1. The van der Waals surface area contributed by atoms with E-state index in [-0.39, 0.29) is 32.5 Å². The van der Waals surface area contributed by atoms with Crippen LogP contribution in [0.4, 0.5) is 0 Å². The Morgan fingerprint density at radius 3 is 2.67 bits per heavy atom. The van der Waals surface area contributed by atoms with Crippen LogP contribution in [0.2, 0.25) is 10.0 Å². The van der Waals surface area contributed by atoms with Crippen LogP contribution < -0.4 is 10.5 Å². The molecule has 2 rings (SSSR count). The second-order valence-electron chi connectivity index (χ2n) is 5.18. The summed E-state index contributed by atoms with van der Waals surface area (Å²) in [5.41, 5.74) is 0.135. The minimum atomic E-state index is -4.04. The number of nitrogens with one attached hydrogen (secondary N) is 1. The van der Waals surface area contributed by atoms with Gasteiger partial charge in [-0.25, -0.2) is 13.6 Å². The second kappa shape index (κ2) is 6.12. The zero-order valence-electron chi connectivity index (χ0n) is 11.4. The molecule has 2 unspecified atom stereocenters. The lowest BCUT2D eigenvalue weighted by atomic mass is 10.2. The van der Waals surface area contributed by atoms with Crippen LogP contribution in [0.3, 0.4) is 0 Å². The Morgan fingerprint density at radius 2 is 2.10 bits per heavy atom. The van der Waals surface area contributed by atoms with Gasteiger partial charge >= 0.3 is 0 Å². The average Bonchev–Trinajstić information content (AvgIpc) is 3.09. The van der Waals surface area contributed by atoms with E-state index in [4.69, 9.17) is 28.3 Å². The highest BCUT2D eigenvalue weighted by atomic mass is 35.5. The fourth-order valence-corrected chi connectivity index (χ4v) is 3.63. The van der Waals surface area contributed by atoms with Crippen LogP contribution in [0.15, 0.2) is 17.0 Å². The first-order valence-electron chi connectivity index (χ1n) is 6.56. The second-order valence-corrected chi connectivity index (χ2v) is 7.49. The molecule has 8 heteroatoms. The van der Waals surface area contributed by atoms with E-state index in [1.54, 1.807) is 0 Å². The van der Waals surface area contributed by atoms with Gasteiger partial charge in [0.2, 0.25) is 10.0 Å². The number of nitrogens with two attached hydrogens (primary N) is 1. The number of hydrogen-bond donors (Lipinski definition) is 2. The highest BCUT2D eigenvalue weighted by molar-refractivity contribution is 7.89. The van der Waals surface area contributed by atoms with E-state index in [1.165, 1.54) is 6.07 Å². The Kier molecular flexibility index (Phi) is 4.82. The highest BCUT2D eigenvalue weighted by Gasteiger charge is 2.37. The Labute approximate surface area is 133 Å². The summed E-state index contributed by atoms with van der Waals surface area (Å²) in [7, 11) is -4.04. The summed E-state index contributed by atoms with van der Waals surface area (Å²) in [4.78, 5) is 11.8. The summed E-state index contributed by atoms with van der Waals surface area (Å²) >= 11 is 11.7. The molecular formula is C13H16Cl2N2O3S. The molecular weight excluding hydrogens is 335 g/mol. The van der Waals surface area contributed by atoms with E-state index in [1.807, 2.05) is 0 Å². The molecule has 2 atom stereocenters. The Bertz CT molecular complexity index is 676. The van der Waals surface area contributed by atoms with Crippen molar-refractivity contribution in [3.8, 4) is 0 Å². The lowest BCUT2D eigenvalue weighted by Crippen LogP contribution is -2.27. The third-order valence-electron chi connectivity index (χ3n) is 3.46. The van der Waals surface area contributed by atoms with Crippen molar-refractivity contribution in [2.24, 2.45) is 11.1 Å². The third-order valence-corrected chi connectivity index (χ3v) is 5.31. The van der Waals surface area contributed by atoms with Crippen molar-refractivity contribution in [2.75, 3.05) is 0 Å². The van der Waals surface area contributed by atoms with E-state index >= 15 is 0 Å². The molecule has 5 nitrogen and oxygen atoms in total. The van der Waals surface area contributed by atoms with E-state index in [0.29, 0.717) is 5.92 Å². The molecule has 3 N–H and O–H groups in total. The molecule has 0 spiro atoms. The molecule has 1 aliphatic rings. The highest BCUT2D eigenvalue weighted by Crippen LogP contribution is 2.35. The zero-order valence-corrected chi connectivity index (χ0v) is 13.7. The summed E-state index contributed by atoms with van der Waals surface area (Å²) in [6.45, 7) is 2.09. The number of halogens is 2. The molecule has 0 bridgehead atoms. The topological polar surface area (TPSA) is 89.3 Å². The normalized spacial score (nSPS) is 21.1. The van der Waals surface area contributed by atoms with Crippen molar-refractivity contribution < 1.29 is 13.2 Å². The number of carbonyl (C=O) groups excluding carboxylic acids is 1. The van der Waals surface area contributed by atoms with Crippen LogP contribution >= 0.6 is 23.2 Å². The predicted octanol–water partition coefficient (Wildman–Crippen LogP) is 2.56. The van der Waals surface area contributed by atoms with Crippen molar-refractivity contribution in [3.63, 3.8) is 0 Å². The molecule has 1 amide bonds. The lowest BCUT2D eigenvalue weighted by molar-refractivity contribution is 0.0948. The fraction of sp³-hybridized carbons (Fsp3) is 0.462. The maximum Gasteiger partial charge on any atom is 0.251 e. The van der Waals surface area contributed by atoms with Gasteiger partial charge < -0.3 is 5.32 Å². The van der Waals surface area contributed by atoms with Crippen LogP contribution in [0, 0.1) is 5.92 Å². The number of primary sulfonamides is 1. The van der Waals surface area contributed by atoms with Gasteiger partial charge in [-0.1, -0.05) is 36.5 Å². The smallest absolute Gasteiger partial charge is 0.251 e. The molecule has 0 saturated heterocycles. The minimum absolute atomic E-state index is 0.0192. The standard InChI is InChI=1S/C13H16Cl2N2O3S/c1-2-3-7-5-10(7)17-13(18)8-4-9(14)12(15)11(6-8)21(16,19)20/h4,6-7,10H,2-3,5H2,1H3,(H,17,18)(H2,16,19,20). The van der Waals surface area contributed by atoms with Crippen molar-refractivity contribution in [1.82, 2.24) is 5.32 Å². The molecule has 1 aromatic rings. The average molecular weight is 351 g/mol. The molecule has 0 radical (unpaired) electrons. The molecule has 21 heavy (non-hydrogen) atoms. The number of rotatable bonds is 5. The molecule has 1 fully saturated rings. The minimum Gasteiger partial charge on any atom is -0.349 e. The van der Waals surface area contributed by atoms with Crippen LogP contribution in [-0.4, -0.2) is 20.4 Å². The van der Waals surface area contributed by atoms with E-state index in [9.17, 15) is 13.2 Å². The van der Waals surface area contributed by atoms with Gasteiger partial charge in [-0.15, -0.1) is 0 Å². The van der Waals surface area contributed by atoms with Crippen molar-refractivity contribution in [3.05, 3.63) is 27.7 Å². The quantitative estimate of drug-likeness (QED) is 0.854. The van der Waals surface area contributed by atoms with E-state index in [2.05, 4.69) is 12.2 Å². The van der Waals surface area contributed by atoms with Crippen molar-refractivity contribution >= 4 is 39.1 Å². The molecule has 0 heterocycles. The first kappa shape index (κ1) is 16.5. The van der Waals surface area contributed by atoms with E-state index < -0.39 is 10.0 Å². The van der Waals surface area contributed by atoms with Gasteiger partial charge in [-0.3, -0.25) is 4.79 Å². The summed E-state index contributed by atoms with van der Waals surface area (Å²) in [6, 6.07) is 2.63. The summed E-state index contributed by atoms with van der Waals surface area (Å²) in [5.74, 6) is 0.126. The van der Waals surface area contributed by atoms with Gasteiger partial charge in [0.15, 0.2) is 0 Å². The van der Waals surface area contributed by atoms with Gasteiger partial charge in [0.25, 0.3) is 5.91 Å². The number of sulfonamides is 1. The summed E-state index contributed by atoms with van der Waals surface area (Å²) in [5, 5.41) is 7.73. The maximum absolute atomic E-state index is 12.1. The fourth-order valence-electron chi connectivity index (χ4n) is 2.27. The first-order chi connectivity index (χ1) is 9.74. The number of benzene rings is 1. The molecule has 0 aromatic heterocycles. The molecule has 1 aromatic carbocycles. The van der Waals surface area contributed by atoms with Gasteiger partial charge in [-0.2, -0.15) is 0 Å². The van der Waals surface area contributed by atoms with E-state index in [0.717, 1.165) is 25.3 Å². The van der Waals surface area contributed by atoms with Crippen LogP contribution in [0.25, 0.3) is 0 Å². The molecule has 1 aliphatic carbocycles. The maximum atomic E-state index is 12.1. The molecule has 1 saturated carbocycles. The zero-order chi connectivity index (χ0) is 15.8. The summed E-state index contributed by atoms with van der Waals surface area (Å²) in [6.07, 6.45) is 3.08. The lowest BCUT2D eigenvalue weighted by Gasteiger charge is -2.09. The Hall–Kier alpha value is -0.820. The SMILES string of the molecule is CCCC1CC1NC(=O)c1cc(Cl)c(Cl)c(S(N)(=O)=O)c1. The van der Waals surface area contributed by atoms with Gasteiger partial charge in [-0.05, 0) is 30.9 Å². The molecule has 0 aliphatic heterocycles. The monoisotopic (exact) mass is 350 g/mol. The van der Waals surface area contributed by atoms with Crippen molar-refractivity contribution in [1.29, 1.82) is 0 Å². The van der Waals surface area contributed by atoms with Gasteiger partial charge in [0.1, 0.15) is 4.90 Å². The summed E-state index contributed by atoms with van der Waals surface area (Å²) < 4.78 is 22.9. The third kappa shape index (κ3) is 3.88. The number of hydrogen-bond acceptors (Lipinski definition) is 3. The molecule has 116 valence electrons. The van der Waals surface area contributed by atoms with Gasteiger partial charge in [0, 0.05) is 11.6 Å². The Morgan fingerprint density at radius 1 is 1.43 bits per heavy atom. The largest absolute Gasteiger partial charge is 0.349 e. The van der Waals surface area contributed by atoms with Gasteiger partial charge in [0.05, 0.1) is 10.0 Å². The van der Waals surface area contributed by atoms with Crippen molar-refractivity contribution in [2.45, 2.75) is 37.1 Å². The number of carbonyl (C=O) groups is 1. The Balaban J connectivity index is 2.21. The first-order valence-corrected chi connectivity index (χ1v) is 8.87. The van der Waals surface area contributed by atoms with Crippen LogP contribution in [-0.2, 0) is 10.0 Å². The van der Waals surface area contributed by atoms with Crippen LogP contribution in [0.5, 0.6) is 0 Å².